The zero-order chi connectivity index (χ0) is 18.4. The SMILES string of the molecule is O=C(C[C@@H]1C[C@H]2CC[C@@H]1C2)OCc1cc(=O)oc2ccc3ccccc3c12. The molecule has 4 heteroatoms. The summed E-state index contributed by atoms with van der Waals surface area (Å²) in [6.07, 6.45) is 5.55. The zero-order valence-electron chi connectivity index (χ0n) is 15.1. The highest BCUT2D eigenvalue weighted by atomic mass is 16.5. The van der Waals surface area contributed by atoms with Gasteiger partial charge in [-0.15, -0.1) is 0 Å². The third-order valence-electron chi connectivity index (χ3n) is 6.42. The molecule has 1 aromatic heterocycles. The summed E-state index contributed by atoms with van der Waals surface area (Å²) in [5, 5.41) is 2.91. The predicted molar refractivity (Wildman–Crippen MR) is 103 cm³/mol. The number of carbonyl (C=O) groups excluding carboxylic acids is 1. The fourth-order valence-corrected chi connectivity index (χ4v) is 5.19. The minimum atomic E-state index is -0.420. The third kappa shape index (κ3) is 3.03. The minimum absolute atomic E-state index is 0.107. The Bertz CT molecular complexity index is 1080. The van der Waals surface area contributed by atoms with Crippen LogP contribution >= 0.6 is 0 Å². The maximum Gasteiger partial charge on any atom is 0.336 e. The van der Waals surface area contributed by atoms with Crippen molar-refractivity contribution in [3.8, 4) is 0 Å². The molecular weight excluding hydrogens is 340 g/mol. The van der Waals surface area contributed by atoms with Crippen LogP contribution < -0.4 is 5.63 Å². The highest BCUT2D eigenvalue weighted by Crippen LogP contribution is 2.49. The van der Waals surface area contributed by atoms with Crippen LogP contribution in [0.3, 0.4) is 0 Å². The van der Waals surface area contributed by atoms with E-state index in [0.717, 1.165) is 22.1 Å². The van der Waals surface area contributed by atoms with Crippen LogP contribution in [0.2, 0.25) is 0 Å². The molecule has 0 radical (unpaired) electrons. The van der Waals surface area contributed by atoms with Crippen LogP contribution in [-0.4, -0.2) is 5.97 Å². The summed E-state index contributed by atoms with van der Waals surface area (Å²) in [6.45, 7) is 0.107. The summed E-state index contributed by atoms with van der Waals surface area (Å²) in [7, 11) is 0. The molecule has 2 aliphatic rings. The van der Waals surface area contributed by atoms with E-state index in [1.807, 2.05) is 30.3 Å². The summed E-state index contributed by atoms with van der Waals surface area (Å²) < 4.78 is 11.0. The van der Waals surface area contributed by atoms with Gasteiger partial charge < -0.3 is 9.15 Å². The molecule has 2 fully saturated rings. The fourth-order valence-electron chi connectivity index (χ4n) is 5.19. The molecule has 0 unspecified atom stereocenters. The number of fused-ring (bicyclic) bond motifs is 5. The van der Waals surface area contributed by atoms with Crippen LogP contribution in [0.25, 0.3) is 21.7 Å². The van der Waals surface area contributed by atoms with Gasteiger partial charge in [-0.1, -0.05) is 36.8 Å². The Kier molecular flexibility index (Phi) is 4.00. The van der Waals surface area contributed by atoms with Crippen molar-refractivity contribution in [2.45, 2.75) is 38.7 Å². The quantitative estimate of drug-likeness (QED) is 0.379. The number of ether oxygens (including phenoxy) is 1. The molecule has 2 saturated carbocycles. The second-order valence-electron chi connectivity index (χ2n) is 8.05. The monoisotopic (exact) mass is 362 g/mol. The molecule has 2 bridgehead atoms. The van der Waals surface area contributed by atoms with Crippen molar-refractivity contribution in [2.24, 2.45) is 17.8 Å². The van der Waals surface area contributed by atoms with Crippen LogP contribution in [0, 0.1) is 17.8 Å². The van der Waals surface area contributed by atoms with E-state index in [1.54, 1.807) is 6.07 Å². The molecule has 3 aromatic rings. The van der Waals surface area contributed by atoms with Gasteiger partial charge in [0.25, 0.3) is 0 Å². The van der Waals surface area contributed by atoms with Crippen LogP contribution in [0.1, 0.15) is 37.7 Å². The van der Waals surface area contributed by atoms with Gasteiger partial charge in [0.05, 0.1) is 0 Å². The summed E-state index contributed by atoms with van der Waals surface area (Å²) in [6, 6.07) is 13.1. The number of hydrogen-bond donors (Lipinski definition) is 0. The maximum absolute atomic E-state index is 12.4. The number of carbonyl (C=O) groups is 1. The molecule has 2 aliphatic carbocycles. The van der Waals surface area contributed by atoms with Crippen LogP contribution in [0.4, 0.5) is 0 Å². The molecule has 1 heterocycles. The lowest BCUT2D eigenvalue weighted by Crippen LogP contribution is -2.17. The lowest BCUT2D eigenvalue weighted by atomic mass is 9.86. The van der Waals surface area contributed by atoms with Gasteiger partial charge in [-0.2, -0.15) is 0 Å². The molecule has 27 heavy (non-hydrogen) atoms. The first-order valence-electron chi connectivity index (χ1n) is 9.77. The van der Waals surface area contributed by atoms with Crippen molar-refractivity contribution in [1.29, 1.82) is 0 Å². The van der Waals surface area contributed by atoms with Gasteiger partial charge in [0, 0.05) is 23.4 Å². The smallest absolute Gasteiger partial charge is 0.336 e. The Morgan fingerprint density at radius 3 is 2.81 bits per heavy atom. The van der Waals surface area contributed by atoms with Crippen molar-refractivity contribution < 1.29 is 13.9 Å². The second kappa shape index (κ2) is 6.52. The van der Waals surface area contributed by atoms with E-state index < -0.39 is 5.63 Å². The molecule has 5 rings (SSSR count). The number of esters is 1. The molecule has 3 atom stereocenters. The Morgan fingerprint density at radius 2 is 2.00 bits per heavy atom. The molecule has 2 aromatic carbocycles. The van der Waals surface area contributed by atoms with E-state index in [1.165, 1.54) is 31.7 Å². The van der Waals surface area contributed by atoms with Crippen molar-refractivity contribution >= 4 is 27.7 Å². The third-order valence-corrected chi connectivity index (χ3v) is 6.42. The van der Waals surface area contributed by atoms with Gasteiger partial charge in [0.15, 0.2) is 0 Å². The Labute approximate surface area is 157 Å². The van der Waals surface area contributed by atoms with E-state index in [0.29, 0.717) is 29.4 Å². The Hall–Kier alpha value is -2.62. The highest BCUT2D eigenvalue weighted by molar-refractivity contribution is 6.07. The van der Waals surface area contributed by atoms with Gasteiger partial charge in [-0.05, 0) is 53.9 Å². The first-order valence-corrected chi connectivity index (χ1v) is 9.77. The van der Waals surface area contributed by atoms with Crippen molar-refractivity contribution in [1.82, 2.24) is 0 Å². The lowest BCUT2D eigenvalue weighted by molar-refractivity contribution is -0.146. The van der Waals surface area contributed by atoms with Crippen LogP contribution in [0.5, 0.6) is 0 Å². The summed E-state index contributed by atoms with van der Waals surface area (Å²) >= 11 is 0. The highest BCUT2D eigenvalue weighted by Gasteiger charge is 2.40. The van der Waals surface area contributed by atoms with Gasteiger partial charge in [0.2, 0.25) is 0 Å². The van der Waals surface area contributed by atoms with Crippen LogP contribution in [-0.2, 0) is 16.1 Å². The van der Waals surface area contributed by atoms with Gasteiger partial charge in [-0.25, -0.2) is 4.79 Å². The van der Waals surface area contributed by atoms with Gasteiger partial charge >= 0.3 is 11.6 Å². The molecular formula is C23H22O4. The van der Waals surface area contributed by atoms with E-state index >= 15 is 0 Å². The largest absolute Gasteiger partial charge is 0.461 e. The first kappa shape index (κ1) is 16.5. The molecule has 138 valence electrons. The average Bonchev–Trinajstić information content (AvgIpc) is 3.28. The van der Waals surface area contributed by atoms with E-state index in [4.69, 9.17) is 9.15 Å². The van der Waals surface area contributed by atoms with Crippen molar-refractivity contribution in [2.75, 3.05) is 0 Å². The average molecular weight is 362 g/mol. The molecule has 4 nitrogen and oxygen atoms in total. The molecule has 0 spiro atoms. The maximum atomic E-state index is 12.4. The second-order valence-corrected chi connectivity index (χ2v) is 8.05. The molecule has 0 N–H and O–H groups in total. The number of hydrogen-bond acceptors (Lipinski definition) is 4. The van der Waals surface area contributed by atoms with Gasteiger partial charge in [0.1, 0.15) is 12.2 Å². The van der Waals surface area contributed by atoms with Crippen LogP contribution in [0.15, 0.2) is 51.7 Å². The van der Waals surface area contributed by atoms with E-state index in [9.17, 15) is 9.59 Å². The van der Waals surface area contributed by atoms with Crippen molar-refractivity contribution in [3.05, 3.63) is 58.4 Å². The summed E-state index contributed by atoms with van der Waals surface area (Å²) in [4.78, 5) is 24.4. The van der Waals surface area contributed by atoms with Gasteiger partial charge in [-0.3, -0.25) is 4.79 Å². The standard InChI is InChI=1S/C23H22O4/c24-21(11-17-10-14-5-6-16(17)9-14)26-13-18-12-22(25)27-20-8-7-15-3-1-2-4-19(15)23(18)20/h1-4,7-8,12,14,16-17H,5-6,9-11,13H2/t14-,16+,17-/m0/s1. The topological polar surface area (TPSA) is 56.5 Å². The summed E-state index contributed by atoms with van der Waals surface area (Å²) in [5.41, 5.74) is 0.816. The molecule has 0 amide bonds. The van der Waals surface area contributed by atoms with E-state index in [-0.39, 0.29) is 12.6 Å². The minimum Gasteiger partial charge on any atom is -0.461 e. The molecule has 0 aliphatic heterocycles. The Morgan fingerprint density at radius 1 is 1.11 bits per heavy atom. The number of rotatable bonds is 4. The zero-order valence-corrected chi connectivity index (χ0v) is 15.1. The van der Waals surface area contributed by atoms with E-state index in [2.05, 4.69) is 0 Å². The Balaban J connectivity index is 1.40. The fraction of sp³-hybridized carbons (Fsp3) is 0.391. The predicted octanol–water partition coefficient (Wildman–Crippen LogP) is 4.82. The molecule has 0 saturated heterocycles. The summed E-state index contributed by atoms with van der Waals surface area (Å²) in [5.74, 6) is 1.85. The normalized spacial score (nSPS) is 23.9. The first-order chi connectivity index (χ1) is 13.2. The number of benzene rings is 2. The lowest BCUT2D eigenvalue weighted by Gasteiger charge is -2.20. The van der Waals surface area contributed by atoms with Crippen molar-refractivity contribution in [3.63, 3.8) is 0 Å².